The average molecular weight is 300 g/mol. The summed E-state index contributed by atoms with van der Waals surface area (Å²) in [6.07, 6.45) is 2.96. The van der Waals surface area contributed by atoms with E-state index >= 15 is 0 Å². The zero-order valence-corrected chi connectivity index (χ0v) is 13.3. The van der Waals surface area contributed by atoms with E-state index in [1.165, 1.54) is 17.7 Å². The molecule has 2 rings (SSSR count). The Morgan fingerprint density at radius 2 is 2.05 bits per heavy atom. The van der Waals surface area contributed by atoms with Crippen molar-refractivity contribution in [2.75, 3.05) is 0 Å². The summed E-state index contributed by atoms with van der Waals surface area (Å²) in [6, 6.07) is 5.26. The summed E-state index contributed by atoms with van der Waals surface area (Å²) in [5.41, 5.74) is 3.00. The quantitative estimate of drug-likeness (QED) is 0.489. The lowest BCUT2D eigenvalue weighted by Crippen LogP contribution is -2.06. The van der Waals surface area contributed by atoms with E-state index < -0.39 is 11.6 Å². The van der Waals surface area contributed by atoms with Gasteiger partial charge in [-0.1, -0.05) is 19.9 Å². The SMILES string of the molecule is CC=CC(=O)OCc1cc(=O)oc2cc(C)c(C(C)C)cc12. The van der Waals surface area contributed by atoms with E-state index in [4.69, 9.17) is 9.15 Å². The van der Waals surface area contributed by atoms with Crippen LogP contribution in [0.1, 0.15) is 43.4 Å². The van der Waals surface area contributed by atoms with Gasteiger partial charge in [0, 0.05) is 23.1 Å². The van der Waals surface area contributed by atoms with Gasteiger partial charge in [-0.3, -0.25) is 0 Å². The van der Waals surface area contributed by atoms with Crippen LogP contribution < -0.4 is 5.63 Å². The number of esters is 1. The molecule has 0 aliphatic carbocycles. The first kappa shape index (κ1) is 16.0. The fourth-order valence-corrected chi connectivity index (χ4v) is 2.47. The van der Waals surface area contributed by atoms with Gasteiger partial charge in [0.05, 0.1) is 0 Å². The Labute approximate surface area is 129 Å². The molecule has 0 aliphatic heterocycles. The Balaban J connectivity index is 2.50. The lowest BCUT2D eigenvalue weighted by molar-refractivity contribution is -0.138. The van der Waals surface area contributed by atoms with E-state index in [-0.39, 0.29) is 6.61 Å². The predicted octanol–water partition coefficient (Wildman–Crippen LogP) is 3.84. The van der Waals surface area contributed by atoms with E-state index in [1.807, 2.05) is 19.1 Å². The first-order valence-corrected chi connectivity index (χ1v) is 7.29. The van der Waals surface area contributed by atoms with Gasteiger partial charge in [0.2, 0.25) is 0 Å². The topological polar surface area (TPSA) is 56.5 Å². The molecule has 2 aromatic rings. The summed E-state index contributed by atoms with van der Waals surface area (Å²) in [6.45, 7) is 8.00. The van der Waals surface area contributed by atoms with Crippen LogP contribution in [-0.2, 0) is 16.1 Å². The second-order valence-corrected chi connectivity index (χ2v) is 5.56. The van der Waals surface area contributed by atoms with E-state index in [2.05, 4.69) is 13.8 Å². The highest BCUT2D eigenvalue weighted by Crippen LogP contribution is 2.27. The zero-order valence-electron chi connectivity index (χ0n) is 13.3. The molecule has 0 bridgehead atoms. The Bertz CT molecular complexity index is 782. The molecule has 1 aromatic heterocycles. The minimum absolute atomic E-state index is 0.0475. The summed E-state index contributed by atoms with van der Waals surface area (Å²) >= 11 is 0. The number of rotatable bonds is 4. The molecule has 0 saturated heterocycles. The summed E-state index contributed by atoms with van der Waals surface area (Å²) in [5.74, 6) is -0.0742. The molecular weight excluding hydrogens is 280 g/mol. The van der Waals surface area contributed by atoms with Crippen molar-refractivity contribution in [1.29, 1.82) is 0 Å². The van der Waals surface area contributed by atoms with Crippen LogP contribution in [0.3, 0.4) is 0 Å². The van der Waals surface area contributed by atoms with Gasteiger partial charge in [0.25, 0.3) is 0 Å². The largest absolute Gasteiger partial charge is 0.458 e. The number of hydrogen-bond acceptors (Lipinski definition) is 4. The molecule has 0 amide bonds. The Hall–Kier alpha value is -2.36. The third kappa shape index (κ3) is 3.45. The second kappa shape index (κ2) is 6.60. The van der Waals surface area contributed by atoms with Gasteiger partial charge in [-0.25, -0.2) is 9.59 Å². The lowest BCUT2D eigenvalue weighted by Gasteiger charge is -2.13. The predicted molar refractivity (Wildman–Crippen MR) is 85.9 cm³/mol. The van der Waals surface area contributed by atoms with Gasteiger partial charge >= 0.3 is 11.6 Å². The van der Waals surface area contributed by atoms with Crippen LogP contribution in [0.2, 0.25) is 0 Å². The number of ether oxygens (including phenoxy) is 1. The van der Waals surface area contributed by atoms with Crippen molar-refractivity contribution in [3.63, 3.8) is 0 Å². The number of benzene rings is 1. The molecular formula is C18H20O4. The third-order valence-electron chi connectivity index (χ3n) is 3.51. The van der Waals surface area contributed by atoms with Gasteiger partial charge in [0.1, 0.15) is 12.2 Å². The monoisotopic (exact) mass is 300 g/mol. The Kier molecular flexibility index (Phi) is 4.81. The molecule has 22 heavy (non-hydrogen) atoms. The van der Waals surface area contributed by atoms with E-state index in [0.717, 1.165) is 10.9 Å². The fourth-order valence-electron chi connectivity index (χ4n) is 2.47. The molecule has 0 fully saturated rings. The van der Waals surface area contributed by atoms with E-state index in [1.54, 1.807) is 13.0 Å². The van der Waals surface area contributed by atoms with E-state index in [0.29, 0.717) is 17.1 Å². The van der Waals surface area contributed by atoms with Crippen LogP contribution in [0.25, 0.3) is 11.0 Å². The van der Waals surface area contributed by atoms with Gasteiger partial charge in [0.15, 0.2) is 0 Å². The molecule has 0 saturated carbocycles. The Morgan fingerprint density at radius 1 is 1.32 bits per heavy atom. The molecule has 0 aliphatic rings. The van der Waals surface area contributed by atoms with Crippen LogP contribution in [0, 0.1) is 6.92 Å². The zero-order chi connectivity index (χ0) is 16.3. The number of hydrogen-bond donors (Lipinski definition) is 0. The highest BCUT2D eigenvalue weighted by molar-refractivity contribution is 5.84. The summed E-state index contributed by atoms with van der Waals surface area (Å²) in [4.78, 5) is 23.1. The highest BCUT2D eigenvalue weighted by atomic mass is 16.5. The Morgan fingerprint density at radius 3 is 2.68 bits per heavy atom. The highest BCUT2D eigenvalue weighted by Gasteiger charge is 2.12. The van der Waals surface area contributed by atoms with Crippen molar-refractivity contribution in [3.8, 4) is 0 Å². The molecule has 0 unspecified atom stereocenters. The summed E-state index contributed by atoms with van der Waals surface area (Å²) in [7, 11) is 0. The lowest BCUT2D eigenvalue weighted by atomic mass is 9.95. The average Bonchev–Trinajstić information content (AvgIpc) is 2.43. The molecule has 1 aromatic carbocycles. The first-order chi connectivity index (χ1) is 10.4. The van der Waals surface area contributed by atoms with Crippen molar-refractivity contribution >= 4 is 16.9 Å². The summed E-state index contributed by atoms with van der Waals surface area (Å²) in [5, 5.41) is 0.808. The molecule has 0 spiro atoms. The molecule has 1 heterocycles. The number of allylic oxidation sites excluding steroid dienone is 1. The first-order valence-electron chi connectivity index (χ1n) is 7.29. The van der Waals surface area contributed by atoms with Crippen LogP contribution in [-0.4, -0.2) is 5.97 Å². The van der Waals surface area contributed by atoms with Gasteiger partial charge < -0.3 is 9.15 Å². The summed E-state index contributed by atoms with van der Waals surface area (Å²) < 4.78 is 10.4. The van der Waals surface area contributed by atoms with Crippen molar-refractivity contribution in [1.82, 2.24) is 0 Å². The molecule has 4 nitrogen and oxygen atoms in total. The number of aryl methyl sites for hydroxylation is 1. The maximum Gasteiger partial charge on any atom is 0.336 e. The van der Waals surface area contributed by atoms with E-state index in [9.17, 15) is 9.59 Å². The second-order valence-electron chi connectivity index (χ2n) is 5.56. The molecule has 0 radical (unpaired) electrons. The van der Waals surface area contributed by atoms with Crippen molar-refractivity contribution < 1.29 is 13.9 Å². The van der Waals surface area contributed by atoms with Gasteiger partial charge in [-0.2, -0.15) is 0 Å². The van der Waals surface area contributed by atoms with Crippen molar-refractivity contribution in [2.45, 2.75) is 40.2 Å². The smallest absolute Gasteiger partial charge is 0.336 e. The number of fused-ring (bicyclic) bond motifs is 1. The van der Waals surface area contributed by atoms with Crippen molar-refractivity contribution in [3.05, 3.63) is 57.5 Å². The molecule has 116 valence electrons. The van der Waals surface area contributed by atoms with Crippen LogP contribution in [0.4, 0.5) is 0 Å². The molecule has 0 N–H and O–H groups in total. The molecule has 0 atom stereocenters. The minimum Gasteiger partial charge on any atom is -0.458 e. The minimum atomic E-state index is -0.443. The number of carbonyl (C=O) groups is 1. The molecule has 4 heteroatoms. The van der Waals surface area contributed by atoms with Crippen LogP contribution >= 0.6 is 0 Å². The van der Waals surface area contributed by atoms with Gasteiger partial charge in [-0.15, -0.1) is 0 Å². The third-order valence-corrected chi connectivity index (χ3v) is 3.51. The van der Waals surface area contributed by atoms with Crippen molar-refractivity contribution in [2.24, 2.45) is 0 Å². The normalized spacial score (nSPS) is 11.5. The van der Waals surface area contributed by atoms with Crippen LogP contribution in [0.15, 0.2) is 39.6 Å². The van der Waals surface area contributed by atoms with Gasteiger partial charge in [-0.05, 0) is 43.0 Å². The van der Waals surface area contributed by atoms with Crippen LogP contribution in [0.5, 0.6) is 0 Å². The maximum atomic E-state index is 11.7. The fraction of sp³-hybridized carbons (Fsp3) is 0.333. The standard InChI is InChI=1S/C18H20O4/c1-5-6-17(19)21-10-13-8-18(20)22-16-7-12(4)14(11(2)3)9-15(13)16/h5-9,11H,10H2,1-4H3. The number of carbonyl (C=O) groups excluding carboxylic acids is 1. The maximum absolute atomic E-state index is 11.7.